The Morgan fingerprint density at radius 2 is 2.00 bits per heavy atom. The van der Waals surface area contributed by atoms with Crippen molar-refractivity contribution in [2.75, 3.05) is 19.6 Å². The van der Waals surface area contributed by atoms with Gasteiger partial charge in [0.1, 0.15) is 0 Å². The molecular formula is C24H36N2O. The summed E-state index contributed by atoms with van der Waals surface area (Å²) in [5.41, 5.74) is 3.21. The van der Waals surface area contributed by atoms with Gasteiger partial charge < -0.3 is 10.2 Å². The zero-order valence-electron chi connectivity index (χ0n) is 16.5. The van der Waals surface area contributed by atoms with Crippen LogP contribution >= 0.6 is 0 Å². The number of hydrogen-bond acceptors (Lipinski definition) is 2. The molecule has 1 aliphatic heterocycles. The molecule has 3 nitrogen and oxygen atoms in total. The Hall–Kier alpha value is -1.61. The quantitative estimate of drug-likeness (QED) is 0.785. The van der Waals surface area contributed by atoms with Gasteiger partial charge in [-0.05, 0) is 85.9 Å². The van der Waals surface area contributed by atoms with Crippen molar-refractivity contribution in [3.8, 4) is 0 Å². The van der Waals surface area contributed by atoms with Gasteiger partial charge >= 0.3 is 0 Å². The van der Waals surface area contributed by atoms with Crippen molar-refractivity contribution in [1.29, 1.82) is 0 Å². The number of benzene rings is 1. The van der Waals surface area contributed by atoms with E-state index in [1.807, 2.05) is 0 Å². The van der Waals surface area contributed by atoms with Crippen LogP contribution in [-0.2, 0) is 10.2 Å². The number of carbonyl (C=O) groups excluding carboxylic acids is 1. The lowest BCUT2D eigenvalue weighted by atomic mass is 9.63. The minimum atomic E-state index is 0. The van der Waals surface area contributed by atoms with Gasteiger partial charge in [0, 0.05) is 16.3 Å². The van der Waals surface area contributed by atoms with Crippen LogP contribution < -0.4 is 5.32 Å². The Balaban J connectivity index is 0.00000120. The number of nitrogens with zero attached hydrogens (tertiary/aromatic N) is 1. The topological polar surface area (TPSA) is 32.3 Å². The third-order valence-corrected chi connectivity index (χ3v) is 7.92. The third-order valence-electron chi connectivity index (χ3n) is 7.92. The van der Waals surface area contributed by atoms with Gasteiger partial charge in [-0.3, -0.25) is 4.79 Å². The summed E-state index contributed by atoms with van der Waals surface area (Å²) < 4.78 is 0. The zero-order chi connectivity index (χ0) is 18.4. The van der Waals surface area contributed by atoms with E-state index in [0.717, 1.165) is 24.2 Å². The van der Waals surface area contributed by atoms with Gasteiger partial charge in [0.15, 0.2) is 0 Å². The summed E-state index contributed by atoms with van der Waals surface area (Å²) in [6.07, 6.45) is 12.6. The fourth-order valence-corrected chi connectivity index (χ4v) is 6.51. The number of piperidine rings is 1. The van der Waals surface area contributed by atoms with Crippen molar-refractivity contribution in [2.45, 2.75) is 56.9 Å². The summed E-state index contributed by atoms with van der Waals surface area (Å²) in [6, 6.07) is 9.09. The summed E-state index contributed by atoms with van der Waals surface area (Å²) in [5, 5.41) is 3.18. The van der Waals surface area contributed by atoms with Crippen LogP contribution in [0.1, 0.15) is 65.5 Å². The van der Waals surface area contributed by atoms with Crippen LogP contribution in [-0.4, -0.2) is 30.4 Å². The highest BCUT2D eigenvalue weighted by Gasteiger charge is 2.43. The van der Waals surface area contributed by atoms with Crippen LogP contribution in [0, 0.1) is 17.8 Å². The van der Waals surface area contributed by atoms with Crippen LogP contribution in [0.3, 0.4) is 0 Å². The van der Waals surface area contributed by atoms with Crippen LogP contribution in [0.2, 0.25) is 0 Å². The Morgan fingerprint density at radius 3 is 2.70 bits per heavy atom. The molecule has 2 bridgehead atoms. The predicted octanol–water partition coefficient (Wildman–Crippen LogP) is 4.70. The van der Waals surface area contributed by atoms with Gasteiger partial charge in [-0.25, -0.2) is 0 Å². The standard InChI is InChI=1S/C24H32N2O.2H2/c1-17(27)25-23-8-9-24(22-5-3-2-4-21(22)23)10-12-26(13-11-24)16-20-15-18-6-7-19(20)14-18;;/h2-7,18-20,23H,8-16H2,1H3,(H,25,27);2*1H/t18-,19?,20+,23-;;/m0../s1. The maximum absolute atomic E-state index is 11.6. The lowest BCUT2D eigenvalue weighted by Gasteiger charge is -2.48. The molecule has 1 saturated heterocycles. The van der Waals surface area contributed by atoms with Crippen LogP contribution in [0.5, 0.6) is 0 Å². The normalized spacial score (nSPS) is 34.0. The van der Waals surface area contributed by atoms with E-state index in [1.165, 1.54) is 62.9 Å². The second-order valence-corrected chi connectivity index (χ2v) is 9.50. The summed E-state index contributed by atoms with van der Waals surface area (Å²) in [4.78, 5) is 14.4. The molecule has 1 aromatic rings. The molecule has 4 atom stereocenters. The fraction of sp³-hybridized carbons (Fsp3) is 0.625. The first-order chi connectivity index (χ1) is 13.1. The molecule has 1 aromatic carbocycles. The van der Waals surface area contributed by atoms with Crippen molar-refractivity contribution < 1.29 is 7.65 Å². The molecule has 1 amide bonds. The number of amides is 1. The largest absolute Gasteiger partial charge is 0.350 e. The van der Waals surface area contributed by atoms with Crippen LogP contribution in [0.4, 0.5) is 0 Å². The van der Waals surface area contributed by atoms with Gasteiger partial charge in [0.25, 0.3) is 0 Å². The van der Waals surface area contributed by atoms with Crippen LogP contribution in [0.15, 0.2) is 36.4 Å². The van der Waals surface area contributed by atoms with Gasteiger partial charge in [-0.2, -0.15) is 0 Å². The molecule has 0 radical (unpaired) electrons. The number of fused-ring (bicyclic) bond motifs is 4. The number of carbonyl (C=O) groups is 1. The summed E-state index contributed by atoms with van der Waals surface area (Å²) in [6.45, 7) is 5.40. The lowest BCUT2D eigenvalue weighted by Crippen LogP contribution is -2.47. The minimum Gasteiger partial charge on any atom is -0.350 e. The average Bonchev–Trinajstić information content (AvgIpc) is 3.29. The molecular weight excluding hydrogens is 332 g/mol. The number of hydrogen-bond donors (Lipinski definition) is 1. The summed E-state index contributed by atoms with van der Waals surface area (Å²) >= 11 is 0. The molecule has 4 aliphatic rings. The fourth-order valence-electron chi connectivity index (χ4n) is 6.51. The van der Waals surface area contributed by atoms with Gasteiger partial charge in [0.05, 0.1) is 6.04 Å². The first-order valence-electron chi connectivity index (χ1n) is 10.9. The van der Waals surface area contributed by atoms with Crippen LogP contribution in [0.25, 0.3) is 0 Å². The van der Waals surface area contributed by atoms with E-state index in [2.05, 4.69) is 46.6 Å². The number of nitrogens with one attached hydrogen (secondary N) is 1. The molecule has 27 heavy (non-hydrogen) atoms. The Bertz CT molecular complexity index is 757. The van der Waals surface area contributed by atoms with Crippen molar-refractivity contribution in [3.63, 3.8) is 0 Å². The average molecular weight is 369 g/mol. The zero-order valence-corrected chi connectivity index (χ0v) is 16.5. The second kappa shape index (κ2) is 6.77. The first-order valence-corrected chi connectivity index (χ1v) is 10.9. The first kappa shape index (κ1) is 17.5. The highest BCUT2D eigenvalue weighted by atomic mass is 16.1. The third kappa shape index (κ3) is 3.14. The molecule has 2 fully saturated rings. The Labute approximate surface area is 166 Å². The summed E-state index contributed by atoms with van der Waals surface area (Å²) in [5.74, 6) is 2.73. The SMILES string of the molecule is CC(=O)N[C@H]1CCC2(CCN(C[C@H]3C[C@H]4C=CC3C4)CC2)c2ccccc21.[HH].[HH]. The highest BCUT2D eigenvalue weighted by Crippen LogP contribution is 2.49. The molecule has 5 rings (SSSR count). The molecule has 1 heterocycles. The Kier molecular flexibility index (Phi) is 4.39. The van der Waals surface area contributed by atoms with E-state index in [9.17, 15) is 4.79 Å². The highest BCUT2D eigenvalue weighted by molar-refractivity contribution is 5.73. The molecule has 1 saturated carbocycles. The molecule has 1 N–H and O–H groups in total. The molecule has 1 spiro atoms. The van der Waals surface area contributed by atoms with E-state index >= 15 is 0 Å². The Morgan fingerprint density at radius 1 is 1.19 bits per heavy atom. The number of allylic oxidation sites excluding steroid dienone is 2. The van der Waals surface area contributed by atoms with Gasteiger partial charge in [-0.15, -0.1) is 0 Å². The van der Waals surface area contributed by atoms with E-state index in [4.69, 9.17) is 0 Å². The minimum absolute atomic E-state index is 0. The number of likely N-dealkylation sites (tertiary alicyclic amines) is 1. The van der Waals surface area contributed by atoms with Gasteiger partial charge in [-0.1, -0.05) is 36.4 Å². The van der Waals surface area contributed by atoms with E-state index < -0.39 is 0 Å². The molecule has 3 heteroatoms. The maximum atomic E-state index is 11.6. The molecule has 1 unspecified atom stereocenters. The monoisotopic (exact) mass is 368 g/mol. The van der Waals surface area contributed by atoms with Crippen molar-refractivity contribution in [1.82, 2.24) is 10.2 Å². The molecule has 3 aliphatic carbocycles. The molecule has 0 aromatic heterocycles. The summed E-state index contributed by atoms with van der Waals surface area (Å²) in [7, 11) is 0. The van der Waals surface area contributed by atoms with Crippen molar-refractivity contribution >= 4 is 5.91 Å². The van der Waals surface area contributed by atoms with E-state index in [1.54, 1.807) is 6.92 Å². The maximum Gasteiger partial charge on any atom is 0.217 e. The van der Waals surface area contributed by atoms with Crippen molar-refractivity contribution in [3.05, 3.63) is 47.5 Å². The smallest absolute Gasteiger partial charge is 0.217 e. The van der Waals surface area contributed by atoms with E-state index in [-0.39, 0.29) is 14.8 Å². The lowest BCUT2D eigenvalue weighted by molar-refractivity contribution is -0.119. The predicted molar refractivity (Wildman–Crippen MR) is 113 cm³/mol. The number of rotatable bonds is 3. The second-order valence-electron chi connectivity index (χ2n) is 9.50. The van der Waals surface area contributed by atoms with Crippen molar-refractivity contribution in [2.24, 2.45) is 17.8 Å². The van der Waals surface area contributed by atoms with E-state index in [0.29, 0.717) is 5.41 Å². The molecule has 148 valence electrons. The van der Waals surface area contributed by atoms with Gasteiger partial charge in [0.2, 0.25) is 5.91 Å².